The van der Waals surface area contributed by atoms with E-state index in [2.05, 4.69) is 30.7 Å². The zero-order chi connectivity index (χ0) is 18.6. The Bertz CT molecular complexity index is 817. The number of thioether (sulfide) groups is 1. The number of rotatable bonds is 6. The Morgan fingerprint density at radius 3 is 2.74 bits per heavy atom. The second-order valence-electron chi connectivity index (χ2n) is 6.89. The molecule has 0 radical (unpaired) electrons. The number of fused-ring (bicyclic) bond motifs is 1. The largest absolute Gasteiger partial charge is 0.350 e. The molecule has 10 heteroatoms. The summed E-state index contributed by atoms with van der Waals surface area (Å²) >= 11 is 1.51. The summed E-state index contributed by atoms with van der Waals surface area (Å²) < 4.78 is 1.62. The molecule has 2 aliphatic rings. The maximum Gasteiger partial charge on any atom is 0.270 e. The summed E-state index contributed by atoms with van der Waals surface area (Å²) in [5.74, 6) is 1.32. The van der Waals surface area contributed by atoms with Crippen LogP contribution in [0.4, 0.5) is 5.95 Å². The Hall–Kier alpha value is -2.23. The highest BCUT2D eigenvalue weighted by Gasteiger charge is 2.25. The molecule has 144 valence electrons. The van der Waals surface area contributed by atoms with Gasteiger partial charge in [-0.25, -0.2) is 14.6 Å². The Balaban J connectivity index is 1.45. The van der Waals surface area contributed by atoms with Crippen LogP contribution in [0.5, 0.6) is 0 Å². The molecule has 0 spiro atoms. The number of tetrazole rings is 1. The number of carbonyl (C=O) groups excluding carboxylic acids is 1. The first-order valence-electron chi connectivity index (χ1n) is 9.50. The number of amides is 1. The zero-order valence-corrected chi connectivity index (χ0v) is 16.3. The third kappa shape index (κ3) is 4.05. The van der Waals surface area contributed by atoms with Crippen LogP contribution < -0.4 is 10.2 Å². The fourth-order valence-corrected chi connectivity index (χ4v) is 4.27. The minimum atomic E-state index is -0.104. The van der Waals surface area contributed by atoms with Gasteiger partial charge in [0.1, 0.15) is 5.69 Å². The molecule has 0 aromatic carbocycles. The number of aryl methyl sites for hydroxylation is 2. The molecule has 0 unspecified atom stereocenters. The SMILES string of the molecule is Cn1nnnc1SCCNC(=O)c1nc(N2CCCC2)nc2c1CCCC2. The van der Waals surface area contributed by atoms with Crippen molar-refractivity contribution in [3.8, 4) is 0 Å². The van der Waals surface area contributed by atoms with Crippen LogP contribution in [-0.4, -0.2) is 61.5 Å². The predicted octanol–water partition coefficient (Wildman–Crippen LogP) is 1.00. The van der Waals surface area contributed by atoms with Crippen LogP contribution in [0.3, 0.4) is 0 Å². The lowest BCUT2D eigenvalue weighted by molar-refractivity contribution is 0.0949. The summed E-state index contributed by atoms with van der Waals surface area (Å²) in [5, 5.41) is 15.1. The molecular formula is C17H24N8OS. The Labute approximate surface area is 162 Å². The minimum absolute atomic E-state index is 0.104. The molecule has 2 aromatic heterocycles. The normalized spacial score (nSPS) is 16.4. The monoisotopic (exact) mass is 388 g/mol. The molecule has 1 fully saturated rings. The van der Waals surface area contributed by atoms with Gasteiger partial charge in [-0.1, -0.05) is 11.8 Å². The summed E-state index contributed by atoms with van der Waals surface area (Å²) in [6.07, 6.45) is 6.37. The number of nitrogens with zero attached hydrogens (tertiary/aromatic N) is 7. The van der Waals surface area contributed by atoms with Gasteiger partial charge >= 0.3 is 0 Å². The zero-order valence-electron chi connectivity index (χ0n) is 15.5. The Morgan fingerprint density at radius 1 is 1.15 bits per heavy atom. The van der Waals surface area contributed by atoms with E-state index in [1.807, 2.05) is 0 Å². The van der Waals surface area contributed by atoms with Gasteiger partial charge in [-0.05, 0) is 49.0 Å². The van der Waals surface area contributed by atoms with Crippen LogP contribution in [0, 0.1) is 0 Å². The van der Waals surface area contributed by atoms with Gasteiger partial charge in [0.2, 0.25) is 11.1 Å². The summed E-state index contributed by atoms with van der Waals surface area (Å²) in [6.45, 7) is 2.48. The molecule has 9 nitrogen and oxygen atoms in total. The van der Waals surface area contributed by atoms with Crippen LogP contribution >= 0.6 is 11.8 Å². The summed E-state index contributed by atoms with van der Waals surface area (Å²) in [6, 6.07) is 0. The van der Waals surface area contributed by atoms with Gasteiger partial charge in [-0.3, -0.25) is 4.79 Å². The lowest BCUT2D eigenvalue weighted by Crippen LogP contribution is -2.31. The average molecular weight is 389 g/mol. The molecule has 27 heavy (non-hydrogen) atoms. The van der Waals surface area contributed by atoms with E-state index >= 15 is 0 Å². The first-order chi connectivity index (χ1) is 13.2. The number of carbonyl (C=O) groups is 1. The quantitative estimate of drug-likeness (QED) is 0.578. The van der Waals surface area contributed by atoms with Gasteiger partial charge in [0.05, 0.1) is 0 Å². The molecule has 1 amide bonds. The van der Waals surface area contributed by atoms with Gasteiger partial charge in [0.25, 0.3) is 5.91 Å². The van der Waals surface area contributed by atoms with Crippen LogP contribution in [0.15, 0.2) is 5.16 Å². The second-order valence-corrected chi connectivity index (χ2v) is 7.95. The molecular weight excluding hydrogens is 364 g/mol. The van der Waals surface area contributed by atoms with Crippen LogP contribution in [0.1, 0.15) is 47.4 Å². The van der Waals surface area contributed by atoms with Gasteiger partial charge < -0.3 is 10.2 Å². The van der Waals surface area contributed by atoms with Crippen molar-refractivity contribution in [1.29, 1.82) is 0 Å². The van der Waals surface area contributed by atoms with Crippen LogP contribution in [-0.2, 0) is 19.9 Å². The molecule has 1 saturated heterocycles. The van der Waals surface area contributed by atoms with Crippen molar-refractivity contribution in [2.45, 2.75) is 43.7 Å². The maximum absolute atomic E-state index is 12.8. The Kier molecular flexibility index (Phi) is 5.51. The first-order valence-corrected chi connectivity index (χ1v) is 10.5. The van der Waals surface area contributed by atoms with Crippen molar-refractivity contribution in [1.82, 2.24) is 35.5 Å². The van der Waals surface area contributed by atoms with Gasteiger partial charge in [0.15, 0.2) is 0 Å². The number of anilines is 1. The minimum Gasteiger partial charge on any atom is -0.350 e. The summed E-state index contributed by atoms with van der Waals surface area (Å²) in [4.78, 5) is 24.5. The number of hydrogen-bond donors (Lipinski definition) is 1. The van der Waals surface area contributed by atoms with E-state index in [9.17, 15) is 4.79 Å². The molecule has 3 heterocycles. The number of hydrogen-bond acceptors (Lipinski definition) is 8. The molecule has 0 atom stereocenters. The second kappa shape index (κ2) is 8.20. The van der Waals surface area contributed by atoms with Crippen molar-refractivity contribution in [3.63, 3.8) is 0 Å². The standard InChI is InChI=1S/C17H24N8OS/c1-24-17(21-22-23-24)27-11-8-18-15(26)14-12-6-2-3-7-13(12)19-16(20-14)25-9-4-5-10-25/h2-11H2,1H3,(H,18,26). The molecule has 1 aliphatic carbocycles. The van der Waals surface area contributed by atoms with Gasteiger partial charge in [-0.15, -0.1) is 5.10 Å². The fourth-order valence-electron chi connectivity index (χ4n) is 3.56. The number of aromatic nitrogens is 6. The molecule has 2 aromatic rings. The van der Waals surface area contributed by atoms with E-state index in [4.69, 9.17) is 4.98 Å². The van der Waals surface area contributed by atoms with Crippen molar-refractivity contribution in [2.24, 2.45) is 7.05 Å². The molecule has 1 aliphatic heterocycles. The van der Waals surface area contributed by atoms with Crippen molar-refractivity contribution in [2.75, 3.05) is 30.3 Å². The fraction of sp³-hybridized carbons (Fsp3) is 0.647. The number of nitrogens with one attached hydrogen (secondary N) is 1. The smallest absolute Gasteiger partial charge is 0.270 e. The van der Waals surface area contributed by atoms with E-state index in [1.54, 1.807) is 11.7 Å². The van der Waals surface area contributed by atoms with E-state index in [-0.39, 0.29) is 5.91 Å². The van der Waals surface area contributed by atoms with Crippen LogP contribution in [0.25, 0.3) is 0 Å². The molecule has 1 N–H and O–H groups in total. The highest BCUT2D eigenvalue weighted by molar-refractivity contribution is 7.99. The maximum atomic E-state index is 12.8. The summed E-state index contributed by atoms with van der Waals surface area (Å²) in [5.41, 5.74) is 2.65. The lowest BCUT2D eigenvalue weighted by Gasteiger charge is -2.22. The molecule has 4 rings (SSSR count). The van der Waals surface area contributed by atoms with Crippen LogP contribution in [0.2, 0.25) is 0 Å². The van der Waals surface area contributed by atoms with Crippen molar-refractivity contribution < 1.29 is 4.79 Å². The predicted molar refractivity (Wildman–Crippen MR) is 102 cm³/mol. The van der Waals surface area contributed by atoms with Crippen molar-refractivity contribution >= 4 is 23.6 Å². The average Bonchev–Trinajstić information content (AvgIpc) is 3.36. The third-order valence-corrected chi connectivity index (χ3v) is 5.99. The van der Waals surface area contributed by atoms with Gasteiger partial charge in [0, 0.05) is 43.7 Å². The van der Waals surface area contributed by atoms with E-state index in [0.717, 1.165) is 74.0 Å². The topological polar surface area (TPSA) is 102 Å². The molecule has 0 bridgehead atoms. The van der Waals surface area contributed by atoms with E-state index in [0.29, 0.717) is 18.0 Å². The van der Waals surface area contributed by atoms with E-state index < -0.39 is 0 Å². The lowest BCUT2D eigenvalue weighted by atomic mass is 9.94. The Morgan fingerprint density at radius 2 is 1.96 bits per heavy atom. The highest BCUT2D eigenvalue weighted by Crippen LogP contribution is 2.26. The first kappa shape index (κ1) is 18.1. The van der Waals surface area contributed by atoms with Gasteiger partial charge in [-0.2, -0.15) is 0 Å². The van der Waals surface area contributed by atoms with E-state index in [1.165, 1.54) is 11.8 Å². The highest BCUT2D eigenvalue weighted by atomic mass is 32.2. The summed E-state index contributed by atoms with van der Waals surface area (Å²) in [7, 11) is 1.80. The molecule has 0 saturated carbocycles. The van der Waals surface area contributed by atoms with Crippen molar-refractivity contribution in [3.05, 3.63) is 17.0 Å². The third-order valence-electron chi connectivity index (χ3n) is 4.98.